The first-order valence-electron chi connectivity index (χ1n) is 10.8. The minimum atomic E-state index is -2.47. The van der Waals surface area contributed by atoms with E-state index < -0.39 is 10.6 Å². The van der Waals surface area contributed by atoms with Crippen LogP contribution >= 0.6 is 22.2 Å². The van der Waals surface area contributed by atoms with E-state index in [1.807, 2.05) is 39.8 Å². The van der Waals surface area contributed by atoms with Crippen LogP contribution in [-0.4, -0.2) is 44.1 Å². The summed E-state index contributed by atoms with van der Waals surface area (Å²) < 4.78 is 19.9. The minimum Gasteiger partial charge on any atom is -0.368 e. The minimum absolute atomic E-state index is 0.125. The maximum absolute atomic E-state index is 13.0. The van der Waals surface area contributed by atoms with E-state index in [9.17, 15) is 18.7 Å². The molecule has 1 saturated heterocycles. The summed E-state index contributed by atoms with van der Waals surface area (Å²) in [6.07, 6.45) is 1.36. The molecular weight excluding hydrogens is 450 g/mol. The number of aromatic amines is 1. The lowest BCUT2D eigenvalue weighted by atomic mass is 10.0. The van der Waals surface area contributed by atoms with Crippen molar-refractivity contribution in [2.75, 3.05) is 23.0 Å². The number of amides is 1. The second-order valence-electron chi connectivity index (χ2n) is 8.45. The van der Waals surface area contributed by atoms with Gasteiger partial charge in [0.15, 0.2) is 0 Å². The molecule has 2 aromatic rings. The third kappa shape index (κ3) is 5.49. The first-order valence-corrected chi connectivity index (χ1v) is 13.1. The third-order valence-corrected chi connectivity index (χ3v) is 8.15. The number of hydrogen-bond acceptors (Lipinski definition) is 5. The summed E-state index contributed by atoms with van der Waals surface area (Å²) in [6.45, 7) is 8.44. The lowest BCUT2D eigenvalue weighted by Gasteiger charge is -2.44. The summed E-state index contributed by atoms with van der Waals surface area (Å²) in [5.41, 5.74) is 4.08. The van der Waals surface area contributed by atoms with Crippen molar-refractivity contribution in [2.45, 2.75) is 53.1 Å². The van der Waals surface area contributed by atoms with Crippen LogP contribution in [0.5, 0.6) is 0 Å². The average molecular weight is 482 g/mol. The van der Waals surface area contributed by atoms with Crippen LogP contribution in [0.2, 0.25) is 5.02 Å². The zero-order valence-corrected chi connectivity index (χ0v) is 20.6. The number of anilines is 1. The molecular formula is C23H32ClN3O4S. The summed E-state index contributed by atoms with van der Waals surface area (Å²) >= 11 is 6.40. The van der Waals surface area contributed by atoms with Crippen molar-refractivity contribution < 1.29 is 13.9 Å². The number of rotatable bonds is 6. The van der Waals surface area contributed by atoms with Crippen molar-refractivity contribution in [1.29, 1.82) is 0 Å². The van der Waals surface area contributed by atoms with E-state index in [0.717, 1.165) is 22.5 Å². The summed E-state index contributed by atoms with van der Waals surface area (Å²) in [4.78, 5) is 30.3. The summed E-state index contributed by atoms with van der Waals surface area (Å²) in [5.74, 6) is 0.497. The van der Waals surface area contributed by atoms with Gasteiger partial charge in [-0.25, -0.2) is 0 Å². The number of aryl methyl sites for hydroxylation is 2. The number of carbonyl (C=O) groups is 1. The average Bonchev–Trinajstić information content (AvgIpc) is 2.70. The van der Waals surface area contributed by atoms with Crippen LogP contribution in [-0.2, 0) is 6.54 Å². The molecule has 1 aliphatic heterocycles. The van der Waals surface area contributed by atoms with Gasteiger partial charge in [0.1, 0.15) is 0 Å². The zero-order valence-electron chi connectivity index (χ0n) is 19.0. The monoisotopic (exact) mass is 481 g/mol. The van der Waals surface area contributed by atoms with Gasteiger partial charge in [-0.2, -0.15) is 10.6 Å². The van der Waals surface area contributed by atoms with Gasteiger partial charge in [-0.05, 0) is 69.9 Å². The maximum Gasteiger partial charge on any atom is 0.253 e. The van der Waals surface area contributed by atoms with E-state index in [1.165, 1.54) is 0 Å². The van der Waals surface area contributed by atoms with E-state index in [-0.39, 0.29) is 24.1 Å². The number of pyridine rings is 1. The van der Waals surface area contributed by atoms with Crippen molar-refractivity contribution in [3.8, 4) is 0 Å². The van der Waals surface area contributed by atoms with Crippen molar-refractivity contribution in [1.82, 2.24) is 10.3 Å². The predicted molar refractivity (Wildman–Crippen MR) is 133 cm³/mol. The molecule has 0 aliphatic carbocycles. The van der Waals surface area contributed by atoms with Crippen molar-refractivity contribution in [3.63, 3.8) is 0 Å². The molecule has 0 radical (unpaired) electrons. The van der Waals surface area contributed by atoms with Gasteiger partial charge in [0.05, 0.1) is 0 Å². The number of aromatic nitrogens is 1. The van der Waals surface area contributed by atoms with Crippen LogP contribution in [0, 0.1) is 20.8 Å². The van der Waals surface area contributed by atoms with Gasteiger partial charge < -0.3 is 15.2 Å². The van der Waals surface area contributed by atoms with E-state index in [2.05, 4.69) is 15.2 Å². The first-order chi connectivity index (χ1) is 15.0. The van der Waals surface area contributed by atoms with E-state index >= 15 is 0 Å². The van der Waals surface area contributed by atoms with Gasteiger partial charge in [-0.15, -0.1) is 0 Å². The Morgan fingerprint density at radius 1 is 1.22 bits per heavy atom. The van der Waals surface area contributed by atoms with Gasteiger partial charge >= 0.3 is 0 Å². The lowest BCUT2D eigenvalue weighted by molar-refractivity contribution is 0.0950. The van der Waals surface area contributed by atoms with Gasteiger partial charge in [0.25, 0.3) is 11.5 Å². The molecule has 0 saturated carbocycles. The number of nitrogens with zero attached hydrogens (tertiary/aromatic N) is 1. The molecule has 176 valence electrons. The Balaban J connectivity index is 1.84. The molecule has 1 aromatic carbocycles. The Morgan fingerprint density at radius 3 is 2.47 bits per heavy atom. The van der Waals surface area contributed by atoms with E-state index in [1.54, 1.807) is 6.07 Å². The number of H-pyrrole nitrogens is 1. The highest BCUT2D eigenvalue weighted by molar-refractivity contribution is 8.24. The van der Waals surface area contributed by atoms with Gasteiger partial charge in [-0.3, -0.25) is 18.7 Å². The Bertz CT molecular complexity index is 1060. The number of halogens is 1. The van der Waals surface area contributed by atoms with E-state index in [4.69, 9.17) is 11.6 Å². The highest BCUT2D eigenvalue weighted by atomic mass is 35.5. The molecule has 0 bridgehead atoms. The molecule has 0 unspecified atom stereocenters. The quantitative estimate of drug-likeness (QED) is 0.481. The number of carbonyl (C=O) groups excluding carboxylic acids is 1. The molecule has 32 heavy (non-hydrogen) atoms. The second kappa shape index (κ2) is 9.87. The second-order valence-corrected chi connectivity index (χ2v) is 11.3. The maximum atomic E-state index is 13.0. The highest BCUT2D eigenvalue weighted by Crippen LogP contribution is 2.45. The Labute approximate surface area is 195 Å². The summed E-state index contributed by atoms with van der Waals surface area (Å²) in [5, 5.41) is 3.32. The van der Waals surface area contributed by atoms with Crippen LogP contribution in [0.3, 0.4) is 0 Å². The van der Waals surface area contributed by atoms with Crippen LogP contribution in [0.15, 0.2) is 23.0 Å². The smallest absolute Gasteiger partial charge is 0.253 e. The fourth-order valence-corrected chi connectivity index (χ4v) is 6.11. The number of hydrogen-bond donors (Lipinski definition) is 4. The van der Waals surface area contributed by atoms with E-state index in [0.29, 0.717) is 47.0 Å². The molecule has 1 aliphatic rings. The van der Waals surface area contributed by atoms with Gasteiger partial charge in [-0.1, -0.05) is 11.6 Å². The zero-order chi connectivity index (χ0) is 23.6. The Kier molecular flexibility index (Phi) is 7.60. The normalized spacial score (nSPS) is 17.1. The standard InChI is InChI=1S/C23H32ClN3O4S/c1-5-27(18-6-8-32(30,31)9-7-18)21-12-17(24)11-19(16(21)4)22(28)25-13-20-14(2)10-15(3)26-23(20)29/h10-12,18,30-31H,5-9,13H2,1-4H3,(H,25,28)(H,26,29). The molecule has 1 amide bonds. The third-order valence-electron chi connectivity index (χ3n) is 6.16. The fourth-order valence-electron chi connectivity index (χ4n) is 4.40. The topological polar surface area (TPSA) is 106 Å². The van der Waals surface area contributed by atoms with Crippen LogP contribution < -0.4 is 15.8 Å². The fraction of sp³-hybridized carbons (Fsp3) is 0.478. The highest BCUT2D eigenvalue weighted by Gasteiger charge is 2.29. The largest absolute Gasteiger partial charge is 0.368 e. The van der Waals surface area contributed by atoms with Gasteiger partial charge in [0.2, 0.25) is 0 Å². The molecule has 9 heteroatoms. The summed E-state index contributed by atoms with van der Waals surface area (Å²) in [7, 11) is -2.47. The molecule has 7 nitrogen and oxygen atoms in total. The van der Waals surface area contributed by atoms with Crippen molar-refractivity contribution in [2.24, 2.45) is 0 Å². The number of benzene rings is 1. The first kappa shape index (κ1) is 24.6. The van der Waals surface area contributed by atoms with Crippen molar-refractivity contribution in [3.05, 3.63) is 61.5 Å². The van der Waals surface area contributed by atoms with Crippen LogP contribution in [0.4, 0.5) is 5.69 Å². The molecule has 0 atom stereocenters. The van der Waals surface area contributed by atoms with Crippen molar-refractivity contribution >= 4 is 33.8 Å². The lowest BCUT2D eigenvalue weighted by Crippen LogP contribution is -2.41. The molecule has 1 fully saturated rings. The predicted octanol–water partition coefficient (Wildman–Crippen LogP) is 4.62. The molecule has 2 heterocycles. The molecule has 1 aromatic heterocycles. The Morgan fingerprint density at radius 2 is 1.88 bits per heavy atom. The van der Waals surface area contributed by atoms with Gasteiger partial charge in [0, 0.05) is 58.2 Å². The molecule has 4 N–H and O–H groups in total. The summed E-state index contributed by atoms with van der Waals surface area (Å²) in [6, 6.07) is 5.54. The Hall–Kier alpha value is -2.00. The SMILES string of the molecule is CCN(c1cc(Cl)cc(C(=O)NCc2c(C)cc(C)[nH]c2=O)c1C)C1CCS(O)(O)CC1. The van der Waals surface area contributed by atoms with Crippen LogP contribution in [0.1, 0.15) is 52.5 Å². The molecule has 0 spiro atoms. The number of nitrogens with one attached hydrogen (secondary N) is 2. The molecule has 3 rings (SSSR count). The van der Waals surface area contributed by atoms with Crippen LogP contribution in [0.25, 0.3) is 0 Å².